The first kappa shape index (κ1) is 39.1. The molecule has 2 saturated heterocycles. The number of hydrogen-bond acceptors (Lipinski definition) is 10. The number of nitrogens with zero attached hydrogens (tertiary/aromatic N) is 3. The number of likely N-dealkylation sites (N-methyl/N-ethyl adjacent to an activating group) is 1. The first-order valence-electron chi connectivity index (χ1n) is 18.5. The zero-order chi connectivity index (χ0) is 37.2. The van der Waals surface area contributed by atoms with Gasteiger partial charge in [0.25, 0.3) is 0 Å². The lowest BCUT2D eigenvalue weighted by atomic mass is 9.74. The fraction of sp³-hybridized carbons (Fsp3) is 0.675. The van der Waals surface area contributed by atoms with E-state index in [1.54, 1.807) is 18.7 Å². The van der Waals surface area contributed by atoms with Gasteiger partial charge in [-0.1, -0.05) is 69.3 Å². The highest BCUT2D eigenvalue weighted by atomic mass is 16.7. The summed E-state index contributed by atoms with van der Waals surface area (Å²) in [5.41, 5.74) is 0.350. The van der Waals surface area contributed by atoms with Crippen LogP contribution in [0, 0.1) is 17.8 Å². The van der Waals surface area contributed by atoms with Gasteiger partial charge in [-0.05, 0) is 73.0 Å². The van der Waals surface area contributed by atoms with Crippen LogP contribution in [0.5, 0.6) is 0 Å². The Bertz CT molecular complexity index is 1480. The Hall–Kier alpha value is -3.09. The van der Waals surface area contributed by atoms with Gasteiger partial charge in [0.2, 0.25) is 0 Å². The Kier molecular flexibility index (Phi) is 12.2. The Morgan fingerprint density at radius 1 is 1.10 bits per heavy atom. The number of aliphatic hydroxyl groups excluding tert-OH is 1. The Labute approximate surface area is 304 Å². The third kappa shape index (κ3) is 8.28. The van der Waals surface area contributed by atoms with Gasteiger partial charge in [-0.25, -0.2) is 9.59 Å². The average Bonchev–Trinajstić information content (AvgIpc) is 3.20. The quantitative estimate of drug-likeness (QED) is 0.366. The highest BCUT2D eigenvalue weighted by Crippen LogP contribution is 2.43. The van der Waals surface area contributed by atoms with E-state index in [0.29, 0.717) is 31.5 Å². The molecule has 2 bridgehead atoms. The zero-order valence-electron chi connectivity index (χ0n) is 32.1. The fourth-order valence-electron chi connectivity index (χ4n) is 8.75. The maximum absolute atomic E-state index is 13.7. The summed E-state index contributed by atoms with van der Waals surface area (Å²) in [6.45, 7) is 16.7. The van der Waals surface area contributed by atoms with Gasteiger partial charge in [0, 0.05) is 35.7 Å². The smallest absolute Gasteiger partial charge is 0.410 e. The number of amides is 1. The van der Waals surface area contributed by atoms with E-state index in [-0.39, 0.29) is 36.5 Å². The molecule has 4 aliphatic rings. The predicted molar refractivity (Wildman–Crippen MR) is 196 cm³/mol. The lowest BCUT2D eigenvalue weighted by molar-refractivity contribution is -0.295. The van der Waals surface area contributed by atoms with Gasteiger partial charge in [-0.2, -0.15) is 0 Å². The maximum Gasteiger partial charge on any atom is 0.410 e. The van der Waals surface area contributed by atoms with Crippen LogP contribution in [0.2, 0.25) is 0 Å². The highest BCUT2D eigenvalue weighted by molar-refractivity contribution is 5.91. The minimum absolute atomic E-state index is 0.0992. The molecule has 5 rings (SSSR count). The van der Waals surface area contributed by atoms with Gasteiger partial charge in [0.1, 0.15) is 12.2 Å². The molecule has 1 aromatic rings. The van der Waals surface area contributed by atoms with Crippen LogP contribution in [0.1, 0.15) is 73.8 Å². The minimum atomic E-state index is -1.09. The van der Waals surface area contributed by atoms with Crippen LogP contribution in [-0.4, -0.2) is 120 Å². The monoisotopic (exact) mass is 709 g/mol. The molecule has 1 unspecified atom stereocenters. The number of aliphatic imine (C=N–C) groups is 1. The second kappa shape index (κ2) is 15.9. The normalized spacial score (nSPS) is 40.6. The number of fused-ring (bicyclic) bond motifs is 1. The first-order chi connectivity index (χ1) is 24.1. The molecule has 11 nitrogen and oxygen atoms in total. The van der Waals surface area contributed by atoms with Gasteiger partial charge in [-0.15, -0.1) is 0 Å². The van der Waals surface area contributed by atoms with E-state index in [1.807, 2.05) is 95.3 Å². The Morgan fingerprint density at radius 2 is 1.80 bits per heavy atom. The topological polar surface area (TPSA) is 119 Å². The summed E-state index contributed by atoms with van der Waals surface area (Å²) in [6.07, 6.45) is 3.22. The van der Waals surface area contributed by atoms with E-state index in [0.717, 1.165) is 11.3 Å². The molecule has 0 radical (unpaired) electrons. The van der Waals surface area contributed by atoms with Crippen LogP contribution in [0.25, 0.3) is 6.08 Å². The van der Waals surface area contributed by atoms with Gasteiger partial charge in [0.05, 0.1) is 37.0 Å². The summed E-state index contributed by atoms with van der Waals surface area (Å²) in [4.78, 5) is 35.8. The third-order valence-corrected chi connectivity index (χ3v) is 11.4. The van der Waals surface area contributed by atoms with E-state index < -0.39 is 53.9 Å². The molecular weight excluding hydrogens is 650 g/mol. The summed E-state index contributed by atoms with van der Waals surface area (Å²) < 4.78 is 32.3. The third-order valence-electron chi connectivity index (χ3n) is 11.4. The SMILES string of the molecule is C/C1=C\[C@H](C)[C@@H](OC2O[C@@H](C)C[C@@H](N(C)C)[C@@H]2O)[C@@](C)(OC/C=C/c2ccccc2)C[C@@H](C)C2=NCCN3C(=O)O[C@](C)([C@H](C)OC1=O)[C@H]3[C@@H]2C. The summed E-state index contributed by atoms with van der Waals surface area (Å²) in [7, 11) is 3.90. The standard InChI is InChI=1S/C40H59N3O8/c1-24-21-25(2)36(45)49-29(6)40(8)34-28(5)32(41-18-19-43(34)38(46)51-40)26(3)23-39(7,47-20-14-17-30-15-12-11-13-16-30)35(24)50-37-33(44)31(42(9)10)22-27(4)48-37/h11-17,21,24,26-29,31,33-35,37,44H,18-20,22-23H2,1-10H3/b17-14+,25-21+/t24-,26+,27-,28+,29-,31+,33-,34+,35+,37?,39-,40+/m0/s1. The Balaban J connectivity index is 1.59. The maximum atomic E-state index is 13.7. The van der Waals surface area contributed by atoms with Crippen molar-refractivity contribution in [2.45, 2.75) is 122 Å². The molecule has 0 aliphatic carbocycles. The van der Waals surface area contributed by atoms with Crippen molar-refractivity contribution >= 4 is 23.9 Å². The number of benzene rings is 1. The molecule has 51 heavy (non-hydrogen) atoms. The number of carbonyl (C=O) groups excluding carboxylic acids is 2. The number of carbonyl (C=O) groups is 2. The minimum Gasteiger partial charge on any atom is -0.455 e. The van der Waals surface area contributed by atoms with E-state index in [4.69, 9.17) is 28.7 Å². The van der Waals surface area contributed by atoms with Crippen molar-refractivity contribution in [1.29, 1.82) is 0 Å². The molecule has 1 aromatic carbocycles. The number of esters is 1. The largest absolute Gasteiger partial charge is 0.455 e. The molecule has 4 aliphatic heterocycles. The van der Waals surface area contributed by atoms with Crippen molar-refractivity contribution in [1.82, 2.24) is 9.80 Å². The molecule has 1 N–H and O–H groups in total. The van der Waals surface area contributed by atoms with Crippen LogP contribution >= 0.6 is 0 Å². The predicted octanol–water partition coefficient (Wildman–Crippen LogP) is 5.51. The first-order valence-corrected chi connectivity index (χ1v) is 18.5. The van der Waals surface area contributed by atoms with Crippen molar-refractivity contribution in [3.8, 4) is 0 Å². The molecule has 1 amide bonds. The Morgan fingerprint density at radius 3 is 2.49 bits per heavy atom. The average molecular weight is 710 g/mol. The lowest BCUT2D eigenvalue weighted by Crippen LogP contribution is -2.59. The number of hydrogen-bond donors (Lipinski definition) is 1. The van der Waals surface area contributed by atoms with Crippen molar-refractivity contribution in [3.05, 3.63) is 53.6 Å². The van der Waals surface area contributed by atoms with Crippen molar-refractivity contribution in [2.24, 2.45) is 22.7 Å². The second-order valence-electron chi connectivity index (χ2n) is 15.7. The van der Waals surface area contributed by atoms with Crippen molar-refractivity contribution in [3.63, 3.8) is 0 Å². The van der Waals surface area contributed by atoms with Gasteiger partial charge >= 0.3 is 12.1 Å². The van der Waals surface area contributed by atoms with Crippen LogP contribution < -0.4 is 0 Å². The molecule has 12 atom stereocenters. The number of rotatable bonds is 7. The van der Waals surface area contributed by atoms with E-state index in [2.05, 4.69) is 13.8 Å². The lowest BCUT2D eigenvalue weighted by Gasteiger charge is -2.47. The van der Waals surface area contributed by atoms with Crippen LogP contribution in [0.4, 0.5) is 4.79 Å². The van der Waals surface area contributed by atoms with Gasteiger partial charge in [0.15, 0.2) is 11.9 Å². The number of cyclic esters (lactones) is 1. The molecular formula is C40H59N3O8. The summed E-state index contributed by atoms with van der Waals surface area (Å²) in [5.74, 6) is -1.19. The van der Waals surface area contributed by atoms with Crippen molar-refractivity contribution < 1.29 is 38.4 Å². The highest BCUT2D eigenvalue weighted by Gasteiger charge is 2.59. The summed E-state index contributed by atoms with van der Waals surface area (Å²) in [6, 6.07) is 9.47. The van der Waals surface area contributed by atoms with Crippen LogP contribution in [0.15, 0.2) is 53.0 Å². The number of aliphatic hydroxyl groups is 1. The molecule has 2 fully saturated rings. The van der Waals surface area contributed by atoms with E-state index in [9.17, 15) is 14.7 Å². The van der Waals surface area contributed by atoms with Crippen LogP contribution in [-0.2, 0) is 28.5 Å². The molecule has 282 valence electrons. The second-order valence-corrected chi connectivity index (χ2v) is 15.7. The van der Waals surface area contributed by atoms with E-state index in [1.165, 1.54) is 0 Å². The fourth-order valence-corrected chi connectivity index (χ4v) is 8.75. The molecule has 0 saturated carbocycles. The van der Waals surface area contributed by atoms with Crippen molar-refractivity contribution in [2.75, 3.05) is 33.8 Å². The molecule has 0 aromatic heterocycles. The van der Waals surface area contributed by atoms with Gasteiger partial charge in [-0.3, -0.25) is 9.89 Å². The number of ether oxygens (including phenoxy) is 5. The zero-order valence-corrected chi connectivity index (χ0v) is 32.1. The molecule has 0 spiro atoms. The van der Waals surface area contributed by atoms with Gasteiger partial charge < -0.3 is 33.7 Å². The van der Waals surface area contributed by atoms with E-state index >= 15 is 0 Å². The van der Waals surface area contributed by atoms with Crippen LogP contribution in [0.3, 0.4) is 0 Å². The summed E-state index contributed by atoms with van der Waals surface area (Å²) in [5, 5.41) is 11.6. The molecule has 4 heterocycles. The molecule has 11 heteroatoms. The summed E-state index contributed by atoms with van der Waals surface area (Å²) >= 11 is 0.